The highest BCUT2D eigenvalue weighted by atomic mass is 32.2. The monoisotopic (exact) mass is 305 g/mol. The quantitative estimate of drug-likeness (QED) is 0.772. The third-order valence-electron chi connectivity index (χ3n) is 3.16. The smallest absolute Gasteiger partial charge is 0.124 e. The number of benzene rings is 2. The Morgan fingerprint density at radius 2 is 2.00 bits per heavy atom. The average Bonchev–Trinajstić information content (AvgIpc) is 2.50. The van der Waals surface area contributed by atoms with Crippen LogP contribution in [-0.2, 0) is 0 Å². The highest BCUT2D eigenvalue weighted by molar-refractivity contribution is 7.99. The lowest BCUT2D eigenvalue weighted by Gasteiger charge is -2.19. The number of thioether (sulfide) groups is 1. The summed E-state index contributed by atoms with van der Waals surface area (Å²) in [6, 6.07) is 14.9. The van der Waals surface area contributed by atoms with Gasteiger partial charge in [-0.2, -0.15) is 0 Å². The molecule has 0 saturated heterocycles. The van der Waals surface area contributed by atoms with Gasteiger partial charge in [-0.05, 0) is 38.2 Å². The number of para-hydroxylation sites is 1. The van der Waals surface area contributed by atoms with E-state index in [9.17, 15) is 4.39 Å². The molecule has 0 amide bonds. The maximum absolute atomic E-state index is 13.2. The molecule has 0 aliphatic heterocycles. The molecule has 0 radical (unpaired) electrons. The second-order valence-corrected chi connectivity index (χ2v) is 5.67. The highest BCUT2D eigenvalue weighted by Crippen LogP contribution is 2.30. The molecule has 112 valence electrons. The lowest BCUT2D eigenvalue weighted by Crippen LogP contribution is -2.19. The zero-order valence-corrected chi connectivity index (χ0v) is 13.1. The molecular formula is C17H20FNOS. The van der Waals surface area contributed by atoms with Crippen molar-refractivity contribution in [1.29, 1.82) is 0 Å². The van der Waals surface area contributed by atoms with Gasteiger partial charge in [-0.1, -0.05) is 24.3 Å². The van der Waals surface area contributed by atoms with Gasteiger partial charge in [0.15, 0.2) is 0 Å². The molecular weight excluding hydrogens is 285 g/mol. The van der Waals surface area contributed by atoms with Crippen LogP contribution < -0.4 is 10.1 Å². The van der Waals surface area contributed by atoms with Gasteiger partial charge in [0.25, 0.3) is 0 Å². The minimum Gasteiger partial charge on any atom is -0.494 e. The first-order valence-electron chi connectivity index (χ1n) is 7.02. The molecule has 2 rings (SSSR count). The van der Waals surface area contributed by atoms with Gasteiger partial charge in [0, 0.05) is 22.3 Å². The molecule has 0 fully saturated rings. The van der Waals surface area contributed by atoms with Crippen molar-refractivity contribution in [2.45, 2.75) is 17.9 Å². The van der Waals surface area contributed by atoms with Crippen LogP contribution in [0.5, 0.6) is 5.75 Å². The summed E-state index contributed by atoms with van der Waals surface area (Å²) in [5.74, 6) is 1.51. The first kappa shape index (κ1) is 15.9. The molecule has 0 bridgehead atoms. The van der Waals surface area contributed by atoms with E-state index in [1.807, 2.05) is 38.2 Å². The standard InChI is InChI=1S/C17H20FNOS/c1-3-20-17-10-5-4-9-15(17)16(19-2)12-21-14-8-6-7-13(18)11-14/h4-11,16,19H,3,12H2,1-2H3. The van der Waals surface area contributed by atoms with Gasteiger partial charge < -0.3 is 10.1 Å². The minimum absolute atomic E-state index is 0.154. The summed E-state index contributed by atoms with van der Waals surface area (Å²) in [7, 11) is 1.93. The van der Waals surface area contributed by atoms with Crippen molar-refractivity contribution in [3.63, 3.8) is 0 Å². The summed E-state index contributed by atoms with van der Waals surface area (Å²) < 4.78 is 18.9. The number of ether oxygens (including phenoxy) is 1. The van der Waals surface area contributed by atoms with Crippen molar-refractivity contribution in [2.75, 3.05) is 19.4 Å². The molecule has 0 aromatic heterocycles. The van der Waals surface area contributed by atoms with Gasteiger partial charge in [0.05, 0.1) is 6.61 Å². The number of halogens is 1. The molecule has 2 nitrogen and oxygen atoms in total. The van der Waals surface area contributed by atoms with E-state index in [2.05, 4.69) is 11.4 Å². The summed E-state index contributed by atoms with van der Waals surface area (Å²) in [6.07, 6.45) is 0. The lowest BCUT2D eigenvalue weighted by molar-refractivity contribution is 0.333. The van der Waals surface area contributed by atoms with Gasteiger partial charge >= 0.3 is 0 Å². The second-order valence-electron chi connectivity index (χ2n) is 4.58. The summed E-state index contributed by atoms with van der Waals surface area (Å²) in [4.78, 5) is 0.934. The van der Waals surface area contributed by atoms with Crippen LogP contribution in [0, 0.1) is 5.82 Å². The molecule has 0 saturated carbocycles. The topological polar surface area (TPSA) is 21.3 Å². The van der Waals surface area contributed by atoms with Crippen LogP contribution in [0.4, 0.5) is 4.39 Å². The number of rotatable bonds is 7. The Hall–Kier alpha value is -1.52. The van der Waals surface area contributed by atoms with E-state index in [4.69, 9.17) is 4.74 Å². The van der Waals surface area contributed by atoms with Crippen LogP contribution in [0.1, 0.15) is 18.5 Å². The molecule has 0 spiro atoms. The van der Waals surface area contributed by atoms with E-state index < -0.39 is 0 Å². The Morgan fingerprint density at radius 3 is 2.71 bits per heavy atom. The Bertz CT molecular complexity index is 576. The Kier molecular flexibility index (Phi) is 6.08. The van der Waals surface area contributed by atoms with Crippen LogP contribution >= 0.6 is 11.8 Å². The molecule has 2 aromatic rings. The average molecular weight is 305 g/mol. The number of hydrogen-bond donors (Lipinski definition) is 1. The Balaban J connectivity index is 2.09. The van der Waals surface area contributed by atoms with Gasteiger partial charge in [0.1, 0.15) is 11.6 Å². The molecule has 4 heteroatoms. The van der Waals surface area contributed by atoms with Gasteiger partial charge in [-0.15, -0.1) is 11.8 Å². The van der Waals surface area contributed by atoms with Crippen molar-refractivity contribution < 1.29 is 9.13 Å². The number of nitrogens with one attached hydrogen (secondary N) is 1. The Morgan fingerprint density at radius 1 is 1.19 bits per heavy atom. The lowest BCUT2D eigenvalue weighted by atomic mass is 10.1. The normalized spacial score (nSPS) is 12.1. The fourth-order valence-corrected chi connectivity index (χ4v) is 3.20. The van der Waals surface area contributed by atoms with E-state index in [0.717, 1.165) is 22.0 Å². The van der Waals surface area contributed by atoms with E-state index in [-0.39, 0.29) is 11.9 Å². The van der Waals surface area contributed by atoms with Crippen LogP contribution in [0.2, 0.25) is 0 Å². The van der Waals surface area contributed by atoms with Crippen molar-refractivity contribution >= 4 is 11.8 Å². The van der Waals surface area contributed by atoms with Gasteiger partial charge in [-0.25, -0.2) is 4.39 Å². The Labute approximate surface area is 129 Å². The molecule has 1 N–H and O–H groups in total. The first-order valence-corrected chi connectivity index (χ1v) is 8.00. The third-order valence-corrected chi connectivity index (χ3v) is 4.24. The van der Waals surface area contributed by atoms with Crippen molar-refractivity contribution in [1.82, 2.24) is 5.32 Å². The fraction of sp³-hybridized carbons (Fsp3) is 0.294. The highest BCUT2D eigenvalue weighted by Gasteiger charge is 2.14. The molecule has 0 aliphatic carbocycles. The van der Waals surface area contributed by atoms with E-state index in [1.165, 1.54) is 6.07 Å². The zero-order chi connectivity index (χ0) is 15.1. The van der Waals surface area contributed by atoms with E-state index >= 15 is 0 Å². The maximum Gasteiger partial charge on any atom is 0.124 e. The van der Waals surface area contributed by atoms with Crippen LogP contribution in [-0.4, -0.2) is 19.4 Å². The molecule has 1 atom stereocenters. The predicted molar refractivity (Wildman–Crippen MR) is 86.5 cm³/mol. The van der Waals surface area contributed by atoms with Crippen molar-refractivity contribution in [3.05, 3.63) is 59.9 Å². The van der Waals surface area contributed by atoms with Gasteiger partial charge in [-0.3, -0.25) is 0 Å². The third kappa shape index (κ3) is 4.48. The minimum atomic E-state index is -0.198. The second kappa shape index (κ2) is 8.05. The fourth-order valence-electron chi connectivity index (χ4n) is 2.12. The summed E-state index contributed by atoms with van der Waals surface area (Å²) in [6.45, 7) is 2.62. The van der Waals surface area contributed by atoms with Gasteiger partial charge in [0.2, 0.25) is 0 Å². The van der Waals surface area contributed by atoms with Crippen molar-refractivity contribution in [2.24, 2.45) is 0 Å². The summed E-state index contributed by atoms with van der Waals surface area (Å²) >= 11 is 1.63. The largest absolute Gasteiger partial charge is 0.494 e. The zero-order valence-electron chi connectivity index (χ0n) is 12.3. The summed E-state index contributed by atoms with van der Waals surface area (Å²) in [5.41, 5.74) is 1.13. The predicted octanol–water partition coefficient (Wildman–Crippen LogP) is 4.28. The van der Waals surface area contributed by atoms with E-state index in [1.54, 1.807) is 23.9 Å². The number of hydrogen-bond acceptors (Lipinski definition) is 3. The summed E-state index contributed by atoms with van der Waals surface area (Å²) in [5, 5.41) is 3.31. The SMILES string of the molecule is CCOc1ccccc1C(CSc1cccc(F)c1)NC. The molecule has 0 aliphatic rings. The van der Waals surface area contributed by atoms with Crippen LogP contribution in [0.15, 0.2) is 53.4 Å². The van der Waals surface area contributed by atoms with Crippen LogP contribution in [0.3, 0.4) is 0 Å². The maximum atomic E-state index is 13.2. The first-order chi connectivity index (χ1) is 10.2. The van der Waals surface area contributed by atoms with Crippen LogP contribution in [0.25, 0.3) is 0 Å². The molecule has 2 aromatic carbocycles. The molecule has 0 heterocycles. The molecule has 1 unspecified atom stereocenters. The van der Waals surface area contributed by atoms with Crippen molar-refractivity contribution in [3.8, 4) is 5.75 Å². The van der Waals surface area contributed by atoms with E-state index in [0.29, 0.717) is 6.61 Å². The molecule has 21 heavy (non-hydrogen) atoms.